The largest absolute Gasteiger partial charge is 0.383 e. The van der Waals surface area contributed by atoms with Gasteiger partial charge in [-0.1, -0.05) is 13.8 Å². The highest BCUT2D eigenvalue weighted by Crippen LogP contribution is 2.04. The van der Waals surface area contributed by atoms with Crippen LogP contribution in [0.15, 0.2) is 0 Å². The monoisotopic (exact) mass is 202 g/mol. The van der Waals surface area contributed by atoms with Crippen molar-refractivity contribution in [3.05, 3.63) is 0 Å². The van der Waals surface area contributed by atoms with Gasteiger partial charge in [0.05, 0.1) is 0 Å². The van der Waals surface area contributed by atoms with Gasteiger partial charge in [0.15, 0.2) is 0 Å². The maximum absolute atomic E-state index is 11.2. The zero-order chi connectivity index (χ0) is 11.3. The predicted molar refractivity (Wildman–Crippen MR) is 52.3 cm³/mol. The Morgan fingerprint density at radius 1 is 1.36 bits per heavy atom. The van der Waals surface area contributed by atoms with Crippen LogP contribution in [0.3, 0.4) is 0 Å². The second kappa shape index (κ2) is 5.59. The van der Waals surface area contributed by atoms with E-state index in [0.717, 1.165) is 0 Å². The summed E-state index contributed by atoms with van der Waals surface area (Å²) in [5.74, 6) is -0.945. The number of nitrogens with two attached hydrogens (primary N) is 1. The molecule has 0 aliphatic rings. The predicted octanol–water partition coefficient (Wildman–Crippen LogP) is -0.617. The summed E-state index contributed by atoms with van der Waals surface area (Å²) in [6.07, 6.45) is -0.700. The maximum atomic E-state index is 11.2. The van der Waals surface area contributed by atoms with Gasteiger partial charge in [0.2, 0.25) is 11.8 Å². The first-order valence-electron chi connectivity index (χ1n) is 4.62. The summed E-state index contributed by atoms with van der Waals surface area (Å²) in [6.45, 7) is 5.27. The molecule has 0 rings (SSSR count). The molecule has 0 radical (unpaired) electrons. The summed E-state index contributed by atoms with van der Waals surface area (Å²) >= 11 is 0. The zero-order valence-electron chi connectivity index (χ0n) is 8.78. The standard InChI is InChI=1S/C9H18N2O3/c1-5(2)4-7(12)9(14)11-6(3)8(10)13/h5-7,12H,4H2,1-3H3,(H2,10,13)(H,11,14)/t6-,7-/m1/s1. The van der Waals surface area contributed by atoms with Gasteiger partial charge in [0, 0.05) is 0 Å². The third kappa shape index (κ3) is 4.81. The average molecular weight is 202 g/mol. The van der Waals surface area contributed by atoms with Crippen LogP contribution in [-0.4, -0.2) is 29.1 Å². The van der Waals surface area contributed by atoms with E-state index in [1.165, 1.54) is 6.92 Å². The van der Waals surface area contributed by atoms with E-state index in [1.54, 1.807) is 0 Å². The van der Waals surface area contributed by atoms with Crippen LogP contribution >= 0.6 is 0 Å². The molecule has 2 amide bonds. The lowest BCUT2D eigenvalue weighted by molar-refractivity contribution is -0.133. The Morgan fingerprint density at radius 2 is 1.86 bits per heavy atom. The highest BCUT2D eigenvalue weighted by Gasteiger charge is 2.19. The summed E-state index contributed by atoms with van der Waals surface area (Å²) in [5.41, 5.74) is 4.95. The topological polar surface area (TPSA) is 92.4 Å². The van der Waals surface area contributed by atoms with E-state index in [2.05, 4.69) is 5.32 Å². The molecule has 0 saturated heterocycles. The second-order valence-electron chi connectivity index (χ2n) is 3.78. The Balaban J connectivity index is 4.01. The number of rotatable bonds is 5. The molecule has 14 heavy (non-hydrogen) atoms. The molecule has 0 fully saturated rings. The molecule has 5 heteroatoms. The number of aliphatic hydroxyl groups excluding tert-OH is 1. The molecule has 0 aromatic carbocycles. The van der Waals surface area contributed by atoms with Gasteiger partial charge in [0.1, 0.15) is 12.1 Å². The van der Waals surface area contributed by atoms with Crippen molar-refractivity contribution >= 4 is 11.8 Å². The molecule has 0 aliphatic heterocycles. The first-order chi connectivity index (χ1) is 6.34. The molecule has 0 aromatic rings. The summed E-state index contributed by atoms with van der Waals surface area (Å²) in [5, 5.41) is 11.7. The van der Waals surface area contributed by atoms with Gasteiger partial charge in [0.25, 0.3) is 0 Å². The number of hydrogen-bond acceptors (Lipinski definition) is 3. The number of carbonyl (C=O) groups is 2. The van der Waals surface area contributed by atoms with Crippen molar-refractivity contribution in [3.8, 4) is 0 Å². The van der Waals surface area contributed by atoms with Crippen LogP contribution in [0.2, 0.25) is 0 Å². The van der Waals surface area contributed by atoms with E-state index in [-0.39, 0.29) is 5.92 Å². The van der Waals surface area contributed by atoms with Gasteiger partial charge < -0.3 is 16.2 Å². The van der Waals surface area contributed by atoms with Crippen molar-refractivity contribution in [2.45, 2.75) is 39.3 Å². The molecular formula is C9H18N2O3. The van der Waals surface area contributed by atoms with E-state index in [4.69, 9.17) is 5.73 Å². The van der Waals surface area contributed by atoms with Crippen LogP contribution in [-0.2, 0) is 9.59 Å². The van der Waals surface area contributed by atoms with Crippen LogP contribution in [0.25, 0.3) is 0 Å². The van der Waals surface area contributed by atoms with Crippen LogP contribution in [0, 0.1) is 5.92 Å². The smallest absolute Gasteiger partial charge is 0.249 e. The van der Waals surface area contributed by atoms with E-state index >= 15 is 0 Å². The van der Waals surface area contributed by atoms with Crippen molar-refractivity contribution in [2.24, 2.45) is 11.7 Å². The number of hydrogen-bond donors (Lipinski definition) is 3. The van der Waals surface area contributed by atoms with E-state index in [9.17, 15) is 14.7 Å². The third-order valence-corrected chi connectivity index (χ3v) is 1.78. The fraction of sp³-hybridized carbons (Fsp3) is 0.778. The summed E-state index contributed by atoms with van der Waals surface area (Å²) in [4.78, 5) is 21.8. The number of amides is 2. The lowest BCUT2D eigenvalue weighted by atomic mass is 10.1. The van der Waals surface area contributed by atoms with Crippen molar-refractivity contribution < 1.29 is 14.7 Å². The Morgan fingerprint density at radius 3 is 2.21 bits per heavy atom. The fourth-order valence-corrected chi connectivity index (χ4v) is 0.934. The number of nitrogens with one attached hydrogen (secondary N) is 1. The van der Waals surface area contributed by atoms with Gasteiger partial charge >= 0.3 is 0 Å². The molecule has 2 atom stereocenters. The lowest BCUT2D eigenvalue weighted by Crippen LogP contribution is -2.46. The highest BCUT2D eigenvalue weighted by atomic mass is 16.3. The minimum Gasteiger partial charge on any atom is -0.383 e. The van der Waals surface area contributed by atoms with Crippen LogP contribution in [0.1, 0.15) is 27.2 Å². The number of carbonyl (C=O) groups excluding carboxylic acids is 2. The number of aliphatic hydroxyl groups is 1. The molecule has 0 saturated carbocycles. The van der Waals surface area contributed by atoms with Crippen LogP contribution in [0.5, 0.6) is 0 Å². The highest BCUT2D eigenvalue weighted by molar-refractivity contribution is 5.88. The zero-order valence-corrected chi connectivity index (χ0v) is 8.78. The Kier molecular flexibility index (Phi) is 5.15. The lowest BCUT2D eigenvalue weighted by Gasteiger charge is -2.15. The van der Waals surface area contributed by atoms with Gasteiger partial charge in [-0.25, -0.2) is 0 Å². The summed E-state index contributed by atoms with van der Waals surface area (Å²) < 4.78 is 0. The maximum Gasteiger partial charge on any atom is 0.249 e. The van der Waals surface area contributed by atoms with Crippen LogP contribution in [0.4, 0.5) is 0 Å². The van der Waals surface area contributed by atoms with Gasteiger partial charge in [-0.2, -0.15) is 0 Å². The van der Waals surface area contributed by atoms with Gasteiger partial charge in [-0.3, -0.25) is 9.59 Å². The molecule has 4 N–H and O–H groups in total. The molecule has 82 valence electrons. The first-order valence-corrected chi connectivity index (χ1v) is 4.62. The molecule has 0 unspecified atom stereocenters. The first kappa shape index (κ1) is 12.9. The quantitative estimate of drug-likeness (QED) is 0.555. The third-order valence-electron chi connectivity index (χ3n) is 1.78. The van der Waals surface area contributed by atoms with Gasteiger partial charge in [-0.15, -0.1) is 0 Å². The van der Waals surface area contributed by atoms with Gasteiger partial charge in [-0.05, 0) is 19.3 Å². The number of primary amides is 1. The minimum absolute atomic E-state index is 0.222. The van der Waals surface area contributed by atoms with E-state index in [0.29, 0.717) is 6.42 Å². The van der Waals surface area contributed by atoms with E-state index in [1.807, 2.05) is 13.8 Å². The molecular weight excluding hydrogens is 184 g/mol. The minimum atomic E-state index is -1.07. The molecule has 0 aliphatic carbocycles. The molecule has 0 spiro atoms. The Bertz CT molecular complexity index is 216. The Labute approximate surface area is 83.7 Å². The van der Waals surface area contributed by atoms with Crippen molar-refractivity contribution in [2.75, 3.05) is 0 Å². The van der Waals surface area contributed by atoms with Crippen molar-refractivity contribution in [1.29, 1.82) is 0 Å². The van der Waals surface area contributed by atoms with Crippen molar-refractivity contribution in [3.63, 3.8) is 0 Å². The van der Waals surface area contributed by atoms with Crippen LogP contribution < -0.4 is 11.1 Å². The molecule has 0 aromatic heterocycles. The van der Waals surface area contributed by atoms with Crippen molar-refractivity contribution in [1.82, 2.24) is 5.32 Å². The normalized spacial score (nSPS) is 14.9. The average Bonchev–Trinajstić information content (AvgIpc) is 2.02. The fourth-order valence-electron chi connectivity index (χ4n) is 0.934. The molecule has 0 bridgehead atoms. The molecule has 0 heterocycles. The summed E-state index contributed by atoms with van der Waals surface area (Å²) in [7, 11) is 0. The van der Waals surface area contributed by atoms with E-state index < -0.39 is 24.0 Å². The Hall–Kier alpha value is -1.10. The molecule has 5 nitrogen and oxygen atoms in total. The second-order valence-corrected chi connectivity index (χ2v) is 3.78. The SMILES string of the molecule is CC(C)C[C@@H](O)C(=O)N[C@H](C)C(N)=O. The summed E-state index contributed by atoms with van der Waals surface area (Å²) in [6, 6.07) is -0.746.